The van der Waals surface area contributed by atoms with Gasteiger partial charge in [-0.15, -0.1) is 0 Å². The Morgan fingerprint density at radius 3 is 1.54 bits per heavy atom. The van der Waals surface area contributed by atoms with Crippen LogP contribution < -0.4 is 0 Å². The fourth-order valence-corrected chi connectivity index (χ4v) is 0.367. The largest absolute Gasteiger partial charge is 0.445 e. The molecule has 0 aliphatic heterocycles. The Bertz CT molecular complexity index is 201. The van der Waals surface area contributed by atoms with E-state index >= 15 is 0 Å². The first-order chi connectivity index (χ1) is 5.68. The molecule has 0 spiro atoms. The van der Waals surface area contributed by atoms with Crippen molar-refractivity contribution in [3.8, 4) is 0 Å². The van der Waals surface area contributed by atoms with Crippen molar-refractivity contribution >= 4 is 0 Å². The first-order valence-corrected chi connectivity index (χ1v) is 2.72. The van der Waals surface area contributed by atoms with Crippen LogP contribution in [0.5, 0.6) is 0 Å². The summed E-state index contributed by atoms with van der Waals surface area (Å²) >= 11 is 0. The van der Waals surface area contributed by atoms with Gasteiger partial charge in [0, 0.05) is 0 Å². The molecule has 0 heterocycles. The number of allylic oxidation sites excluding steroid dienone is 2. The number of rotatable bonds is 2. The fraction of sp³-hybridized carbons (Fsp3) is 0.600. The summed E-state index contributed by atoms with van der Waals surface area (Å²) in [4.78, 5) is 0. The maximum Gasteiger partial charge on any atom is 0.445 e. The van der Waals surface area contributed by atoms with E-state index in [9.17, 15) is 35.1 Å². The molecule has 0 saturated carbocycles. The highest BCUT2D eigenvalue weighted by Crippen LogP contribution is 2.32. The second kappa shape index (κ2) is 3.93. The van der Waals surface area contributed by atoms with E-state index in [1.54, 1.807) is 0 Å². The lowest BCUT2D eigenvalue weighted by Crippen LogP contribution is -2.18. The molecule has 0 amide bonds. The number of hydrogen-bond donors (Lipinski definition) is 0. The van der Waals surface area contributed by atoms with Crippen molar-refractivity contribution in [2.45, 2.75) is 18.8 Å². The van der Waals surface area contributed by atoms with Crippen LogP contribution in [0.1, 0.15) is 0 Å². The van der Waals surface area contributed by atoms with Crippen LogP contribution >= 0.6 is 0 Å². The Kier molecular flexibility index (Phi) is 3.68. The third kappa shape index (κ3) is 3.19. The van der Waals surface area contributed by atoms with Crippen LogP contribution in [0.2, 0.25) is 0 Å². The zero-order valence-electron chi connectivity index (χ0n) is 5.68. The van der Waals surface area contributed by atoms with Gasteiger partial charge in [-0.1, -0.05) is 0 Å². The van der Waals surface area contributed by atoms with Gasteiger partial charge in [0.15, 0.2) is 5.83 Å². The minimum absolute atomic E-state index is 3.14. The van der Waals surface area contributed by atoms with Gasteiger partial charge in [-0.3, -0.25) is 0 Å². The number of hydrogen-bond acceptors (Lipinski definition) is 0. The van der Waals surface area contributed by atoms with Gasteiger partial charge in [0.1, 0.15) is 0 Å². The van der Waals surface area contributed by atoms with Crippen molar-refractivity contribution in [3.63, 3.8) is 0 Å². The smallest absolute Gasteiger partial charge is 0.233 e. The van der Waals surface area contributed by atoms with Gasteiger partial charge in [0.2, 0.25) is 12.0 Å². The van der Waals surface area contributed by atoms with Crippen molar-refractivity contribution in [1.29, 1.82) is 0 Å². The summed E-state index contributed by atoms with van der Waals surface area (Å²) in [5.41, 5.74) is 0. The van der Waals surface area contributed by atoms with E-state index in [0.29, 0.717) is 0 Å². The topological polar surface area (TPSA) is 0 Å². The van der Waals surface area contributed by atoms with Gasteiger partial charge in [-0.2, -0.15) is 17.6 Å². The molecule has 0 nitrogen and oxygen atoms in total. The van der Waals surface area contributed by atoms with Gasteiger partial charge >= 0.3 is 6.18 Å². The second-order valence-corrected chi connectivity index (χ2v) is 1.90. The second-order valence-electron chi connectivity index (χ2n) is 1.90. The van der Waals surface area contributed by atoms with Crippen LogP contribution in [-0.4, -0.2) is 18.8 Å². The Hall–Kier alpha value is -0.820. The van der Waals surface area contributed by atoms with E-state index in [-0.39, 0.29) is 0 Å². The minimum Gasteiger partial charge on any atom is -0.233 e. The lowest BCUT2D eigenvalue weighted by Gasteiger charge is -2.07. The highest BCUT2D eigenvalue weighted by molar-refractivity contribution is 5.10. The number of halogens is 8. The first-order valence-electron chi connectivity index (χ1n) is 2.72. The van der Waals surface area contributed by atoms with Crippen molar-refractivity contribution in [2.75, 3.05) is 0 Å². The molecule has 0 aromatic rings. The average Bonchev–Trinajstić information content (AvgIpc) is 1.98. The van der Waals surface area contributed by atoms with Crippen LogP contribution in [0, 0.1) is 0 Å². The summed E-state index contributed by atoms with van der Waals surface area (Å²) in [5, 5.41) is 0. The zero-order valence-corrected chi connectivity index (χ0v) is 5.68. The molecule has 0 saturated heterocycles. The molecule has 8 heteroatoms. The Morgan fingerprint density at radius 1 is 0.923 bits per heavy atom. The molecule has 0 N–H and O–H groups in total. The molecular weight excluding hydrogens is 212 g/mol. The van der Waals surface area contributed by atoms with Crippen molar-refractivity contribution in [2.24, 2.45) is 0 Å². The van der Waals surface area contributed by atoms with Gasteiger partial charge in [-0.05, 0) is 0 Å². The van der Waals surface area contributed by atoms with E-state index in [0.717, 1.165) is 0 Å². The molecule has 0 aromatic carbocycles. The maximum absolute atomic E-state index is 11.9. The Morgan fingerprint density at radius 2 is 1.31 bits per heavy atom. The lowest BCUT2D eigenvalue weighted by atomic mass is 10.3. The third-order valence-corrected chi connectivity index (χ3v) is 0.922. The van der Waals surface area contributed by atoms with Gasteiger partial charge < -0.3 is 0 Å². The molecule has 0 aliphatic carbocycles. The van der Waals surface area contributed by atoms with Crippen LogP contribution in [0.25, 0.3) is 0 Å². The Labute approximate surface area is 66.8 Å². The van der Waals surface area contributed by atoms with E-state index in [2.05, 4.69) is 0 Å². The zero-order chi connectivity index (χ0) is 10.8. The van der Waals surface area contributed by atoms with Crippen LogP contribution in [0.3, 0.4) is 0 Å². The molecule has 0 fully saturated rings. The highest BCUT2D eigenvalue weighted by Gasteiger charge is 2.42. The molecule has 0 radical (unpaired) electrons. The van der Waals surface area contributed by atoms with Gasteiger partial charge in [0.25, 0.3) is 6.43 Å². The van der Waals surface area contributed by atoms with E-state index in [1.807, 2.05) is 0 Å². The van der Waals surface area contributed by atoms with Crippen LogP contribution in [0.15, 0.2) is 11.7 Å². The fourth-order valence-electron chi connectivity index (χ4n) is 0.367. The molecule has 1 unspecified atom stereocenters. The summed E-state index contributed by atoms with van der Waals surface area (Å²) in [6, 6.07) is 0. The van der Waals surface area contributed by atoms with Crippen LogP contribution in [-0.2, 0) is 0 Å². The van der Waals surface area contributed by atoms with Crippen molar-refractivity contribution in [3.05, 3.63) is 11.7 Å². The van der Waals surface area contributed by atoms with Crippen LogP contribution in [0.4, 0.5) is 35.1 Å². The number of alkyl halides is 6. The van der Waals surface area contributed by atoms with Gasteiger partial charge in [0.05, 0.1) is 0 Å². The molecule has 0 rings (SSSR count). The maximum atomic E-state index is 11.9. The molecule has 1 atom stereocenters. The highest BCUT2D eigenvalue weighted by atomic mass is 19.4. The monoisotopic (exact) mass is 214 g/mol. The van der Waals surface area contributed by atoms with Crippen molar-refractivity contribution < 1.29 is 35.1 Å². The summed E-state index contributed by atoms with van der Waals surface area (Å²) in [6.45, 7) is 0. The molecule has 0 aromatic heterocycles. The van der Waals surface area contributed by atoms with E-state index in [1.165, 1.54) is 0 Å². The molecule has 78 valence electrons. The predicted molar refractivity (Wildman–Crippen MR) is 26.2 cm³/mol. The lowest BCUT2D eigenvalue weighted by molar-refractivity contribution is -0.113. The van der Waals surface area contributed by atoms with Gasteiger partial charge in [-0.25, -0.2) is 17.6 Å². The molecule has 13 heavy (non-hydrogen) atoms. The first kappa shape index (κ1) is 12.2. The SMILES string of the molecule is F/C(=C(/F)C(F)(F)F)C(F)C(F)F. The standard InChI is InChI=1S/C5H2F8/c6-1(2(7)4(9)10)3(8)5(11,12)13/h2,4H/b3-1+. The summed E-state index contributed by atoms with van der Waals surface area (Å²) in [6.07, 6.45) is -13.7. The normalized spacial score (nSPS) is 17.3. The average molecular weight is 214 g/mol. The summed E-state index contributed by atoms with van der Waals surface area (Å²) < 4.78 is 91.6. The minimum atomic E-state index is -5.79. The quantitative estimate of drug-likeness (QED) is 0.618. The van der Waals surface area contributed by atoms with E-state index < -0.39 is 30.4 Å². The molecular formula is C5H2F8. The predicted octanol–water partition coefficient (Wildman–Crippen LogP) is 3.30. The molecule has 0 bridgehead atoms. The van der Waals surface area contributed by atoms with E-state index in [4.69, 9.17) is 0 Å². The summed E-state index contributed by atoms with van der Waals surface area (Å²) in [5.74, 6) is -6.61. The third-order valence-electron chi connectivity index (χ3n) is 0.922. The summed E-state index contributed by atoms with van der Waals surface area (Å²) in [7, 11) is 0. The molecule has 0 aliphatic rings. The van der Waals surface area contributed by atoms with Crippen molar-refractivity contribution in [1.82, 2.24) is 0 Å². The Balaban J connectivity index is 4.82.